The van der Waals surface area contributed by atoms with Crippen LogP contribution >= 0.6 is 0 Å². The van der Waals surface area contributed by atoms with Crippen molar-refractivity contribution in [3.8, 4) is 6.07 Å². The number of rotatable bonds is 7. The van der Waals surface area contributed by atoms with Crippen LogP contribution in [-0.2, 0) is 11.0 Å². The van der Waals surface area contributed by atoms with E-state index in [-0.39, 0.29) is 18.9 Å². The van der Waals surface area contributed by atoms with Gasteiger partial charge in [-0.3, -0.25) is 4.79 Å². The number of para-hydroxylation sites is 2. The van der Waals surface area contributed by atoms with Crippen molar-refractivity contribution in [2.75, 3.05) is 18.4 Å². The average molecular weight is 415 g/mol. The minimum absolute atomic E-state index is 0.0880. The predicted molar refractivity (Wildman–Crippen MR) is 106 cm³/mol. The number of alkyl halides is 3. The molecule has 1 atom stereocenters. The van der Waals surface area contributed by atoms with E-state index in [0.29, 0.717) is 23.6 Å². The quantitative estimate of drug-likeness (QED) is 0.557. The second-order valence-electron chi connectivity index (χ2n) is 6.69. The van der Waals surface area contributed by atoms with Crippen LogP contribution in [0.3, 0.4) is 0 Å². The molecule has 0 fully saturated rings. The summed E-state index contributed by atoms with van der Waals surface area (Å²) in [6.45, 7) is 1.98. The molecule has 0 radical (unpaired) electrons. The molecule has 156 valence electrons. The molecule has 0 saturated carbocycles. The standard InChI is InChI=1S/C21H20F3N5O/c1-2-29(11-10-25)19(30)13-18(14-6-5-7-15(12-14)21(22,23)24)28-20-26-16-8-3-4-9-17(16)27-20/h3-9,12,18H,2,11,13H2,1H3,(H2,26,27,28). The Labute approximate surface area is 171 Å². The van der Waals surface area contributed by atoms with Crippen molar-refractivity contribution < 1.29 is 18.0 Å². The maximum Gasteiger partial charge on any atom is 0.416 e. The summed E-state index contributed by atoms with van der Waals surface area (Å²) in [5.41, 5.74) is 0.947. The molecule has 1 heterocycles. The Balaban J connectivity index is 1.94. The molecule has 1 aromatic heterocycles. The number of imidazole rings is 1. The Bertz CT molecular complexity index is 1040. The van der Waals surface area contributed by atoms with Crippen molar-refractivity contribution in [3.05, 3.63) is 59.7 Å². The van der Waals surface area contributed by atoms with Gasteiger partial charge in [-0.15, -0.1) is 0 Å². The number of aromatic amines is 1. The molecule has 1 amide bonds. The van der Waals surface area contributed by atoms with Crippen molar-refractivity contribution in [3.63, 3.8) is 0 Å². The summed E-state index contributed by atoms with van der Waals surface area (Å²) in [4.78, 5) is 21.5. The lowest BCUT2D eigenvalue weighted by Crippen LogP contribution is -2.33. The molecule has 9 heteroatoms. The number of fused-ring (bicyclic) bond motifs is 1. The number of aromatic nitrogens is 2. The van der Waals surface area contributed by atoms with Crippen LogP contribution in [0.15, 0.2) is 48.5 Å². The fourth-order valence-corrected chi connectivity index (χ4v) is 3.14. The van der Waals surface area contributed by atoms with Crippen LogP contribution in [0.5, 0.6) is 0 Å². The van der Waals surface area contributed by atoms with Crippen LogP contribution in [-0.4, -0.2) is 33.9 Å². The molecule has 1 unspecified atom stereocenters. The number of nitrogens with one attached hydrogen (secondary N) is 2. The zero-order chi connectivity index (χ0) is 21.7. The summed E-state index contributed by atoms with van der Waals surface area (Å²) in [6.07, 6.45) is -4.63. The van der Waals surface area contributed by atoms with E-state index in [2.05, 4.69) is 15.3 Å². The van der Waals surface area contributed by atoms with E-state index < -0.39 is 17.8 Å². The monoisotopic (exact) mass is 415 g/mol. The molecule has 0 saturated heterocycles. The smallest absolute Gasteiger partial charge is 0.348 e. The number of hydrogen-bond donors (Lipinski definition) is 2. The third kappa shape index (κ3) is 4.89. The first kappa shape index (κ1) is 21.2. The number of hydrogen-bond acceptors (Lipinski definition) is 4. The van der Waals surface area contributed by atoms with Crippen LogP contribution in [0, 0.1) is 11.3 Å². The van der Waals surface area contributed by atoms with Gasteiger partial charge >= 0.3 is 6.18 Å². The third-order valence-electron chi connectivity index (χ3n) is 4.69. The Morgan fingerprint density at radius 2 is 2.03 bits per heavy atom. The summed E-state index contributed by atoms with van der Waals surface area (Å²) in [5.74, 6) is -0.000170. The van der Waals surface area contributed by atoms with E-state index in [1.54, 1.807) is 13.0 Å². The molecule has 3 aromatic rings. The van der Waals surface area contributed by atoms with Gasteiger partial charge in [0.05, 0.1) is 35.1 Å². The highest BCUT2D eigenvalue weighted by molar-refractivity contribution is 5.79. The first-order valence-electron chi connectivity index (χ1n) is 9.35. The van der Waals surface area contributed by atoms with Crippen molar-refractivity contribution in [1.29, 1.82) is 5.26 Å². The molecular weight excluding hydrogens is 395 g/mol. The van der Waals surface area contributed by atoms with Crippen molar-refractivity contribution in [2.45, 2.75) is 25.6 Å². The number of carbonyl (C=O) groups is 1. The highest BCUT2D eigenvalue weighted by Crippen LogP contribution is 2.32. The highest BCUT2D eigenvalue weighted by Gasteiger charge is 2.31. The molecule has 0 spiro atoms. The van der Waals surface area contributed by atoms with Crippen LogP contribution in [0.1, 0.15) is 30.5 Å². The Kier molecular flexibility index (Phi) is 6.26. The molecule has 0 aliphatic carbocycles. The van der Waals surface area contributed by atoms with Gasteiger partial charge in [-0.25, -0.2) is 4.98 Å². The third-order valence-corrected chi connectivity index (χ3v) is 4.69. The normalized spacial score (nSPS) is 12.4. The number of amides is 1. The molecule has 6 nitrogen and oxygen atoms in total. The average Bonchev–Trinajstić information content (AvgIpc) is 3.13. The number of H-pyrrole nitrogens is 1. The van der Waals surface area contributed by atoms with Crippen molar-refractivity contribution >= 4 is 22.9 Å². The van der Waals surface area contributed by atoms with Gasteiger partial charge < -0.3 is 15.2 Å². The minimum Gasteiger partial charge on any atom is -0.348 e. The predicted octanol–water partition coefficient (Wildman–Crippen LogP) is 4.50. The molecular formula is C21H20F3N5O. The summed E-state index contributed by atoms with van der Waals surface area (Å²) in [5, 5.41) is 12.0. The summed E-state index contributed by atoms with van der Waals surface area (Å²) in [6, 6.07) is 13.3. The van der Waals surface area contributed by atoms with E-state index >= 15 is 0 Å². The molecule has 0 aliphatic heterocycles. The molecule has 3 rings (SSSR count). The van der Waals surface area contributed by atoms with E-state index in [1.807, 2.05) is 24.3 Å². The van der Waals surface area contributed by atoms with E-state index in [1.165, 1.54) is 17.0 Å². The number of anilines is 1. The summed E-state index contributed by atoms with van der Waals surface area (Å²) in [7, 11) is 0. The molecule has 30 heavy (non-hydrogen) atoms. The topological polar surface area (TPSA) is 84.8 Å². The SMILES string of the molecule is CCN(CC#N)C(=O)CC(Nc1nc2ccccc2[nH]1)c1cccc(C(F)(F)F)c1. The molecule has 0 aliphatic rings. The zero-order valence-electron chi connectivity index (χ0n) is 16.2. The molecule has 0 bridgehead atoms. The Morgan fingerprint density at radius 1 is 1.27 bits per heavy atom. The van der Waals surface area contributed by atoms with Crippen molar-refractivity contribution in [2.24, 2.45) is 0 Å². The van der Waals surface area contributed by atoms with Gasteiger partial charge in [-0.2, -0.15) is 18.4 Å². The van der Waals surface area contributed by atoms with Crippen LogP contribution in [0.25, 0.3) is 11.0 Å². The Hall–Kier alpha value is -3.54. The largest absolute Gasteiger partial charge is 0.416 e. The first-order valence-corrected chi connectivity index (χ1v) is 9.35. The van der Waals surface area contributed by atoms with E-state index in [9.17, 15) is 18.0 Å². The van der Waals surface area contributed by atoms with Crippen LogP contribution < -0.4 is 5.32 Å². The van der Waals surface area contributed by atoms with E-state index in [4.69, 9.17) is 5.26 Å². The Morgan fingerprint density at radius 3 is 2.70 bits per heavy atom. The van der Waals surface area contributed by atoms with E-state index in [0.717, 1.165) is 17.6 Å². The lowest BCUT2D eigenvalue weighted by Gasteiger charge is -2.23. The number of halogens is 3. The fraction of sp³-hybridized carbons (Fsp3) is 0.286. The van der Waals surface area contributed by atoms with Gasteiger partial charge in [0, 0.05) is 6.54 Å². The van der Waals surface area contributed by atoms with Gasteiger partial charge in [0.25, 0.3) is 0 Å². The minimum atomic E-state index is -4.50. The second-order valence-corrected chi connectivity index (χ2v) is 6.69. The number of carbonyl (C=O) groups excluding carboxylic acids is 1. The zero-order valence-corrected chi connectivity index (χ0v) is 16.2. The maximum absolute atomic E-state index is 13.2. The number of benzene rings is 2. The van der Waals surface area contributed by atoms with Crippen LogP contribution in [0.2, 0.25) is 0 Å². The van der Waals surface area contributed by atoms with Gasteiger partial charge in [0.15, 0.2) is 0 Å². The number of nitriles is 1. The lowest BCUT2D eigenvalue weighted by atomic mass is 10.0. The van der Waals surface area contributed by atoms with Gasteiger partial charge in [-0.1, -0.05) is 24.3 Å². The first-order chi connectivity index (χ1) is 14.3. The van der Waals surface area contributed by atoms with Crippen LogP contribution in [0.4, 0.5) is 19.1 Å². The second kappa shape index (κ2) is 8.86. The number of nitrogens with zero attached hydrogens (tertiary/aromatic N) is 3. The molecule has 2 N–H and O–H groups in total. The highest BCUT2D eigenvalue weighted by atomic mass is 19.4. The summed E-state index contributed by atoms with van der Waals surface area (Å²) < 4.78 is 39.6. The molecule has 2 aromatic carbocycles. The maximum atomic E-state index is 13.2. The van der Waals surface area contributed by atoms with Gasteiger partial charge in [-0.05, 0) is 36.8 Å². The lowest BCUT2D eigenvalue weighted by molar-refractivity contribution is -0.137. The fourth-order valence-electron chi connectivity index (χ4n) is 3.14. The van der Waals surface area contributed by atoms with Gasteiger partial charge in [0.1, 0.15) is 6.54 Å². The summed E-state index contributed by atoms with van der Waals surface area (Å²) >= 11 is 0. The van der Waals surface area contributed by atoms with Gasteiger partial charge in [0.2, 0.25) is 11.9 Å². The van der Waals surface area contributed by atoms with Crippen molar-refractivity contribution in [1.82, 2.24) is 14.9 Å².